The molecule has 3 aromatic rings. The smallest absolute Gasteiger partial charge is 0.414 e. The summed E-state index contributed by atoms with van der Waals surface area (Å²) in [4.78, 5) is 33.3. The van der Waals surface area contributed by atoms with Gasteiger partial charge in [0.05, 0.1) is 38.9 Å². The number of anilines is 2. The van der Waals surface area contributed by atoms with Crippen molar-refractivity contribution in [2.45, 2.75) is 78.6 Å². The number of benzene rings is 1. The van der Waals surface area contributed by atoms with Crippen LogP contribution in [0.4, 0.5) is 29.7 Å². The van der Waals surface area contributed by atoms with Gasteiger partial charge in [0.1, 0.15) is 16.8 Å². The second-order valence-corrected chi connectivity index (χ2v) is 13.0. The van der Waals surface area contributed by atoms with Crippen LogP contribution >= 0.6 is 11.6 Å². The van der Waals surface area contributed by atoms with Gasteiger partial charge in [-0.15, -0.1) is 0 Å². The Balaban J connectivity index is 1.61. The van der Waals surface area contributed by atoms with Crippen molar-refractivity contribution >= 4 is 57.1 Å². The number of hydrogen-bond donors (Lipinski definition) is 3. The molecule has 9 nitrogen and oxygen atoms in total. The number of nitrogens with one attached hydrogen (secondary N) is 3. The van der Waals surface area contributed by atoms with E-state index in [1.165, 1.54) is 13.2 Å². The molecule has 0 spiro atoms. The third-order valence-corrected chi connectivity index (χ3v) is 7.08. The Labute approximate surface area is 236 Å². The number of pyridine rings is 1. The summed E-state index contributed by atoms with van der Waals surface area (Å²) in [6.45, 7) is 13.0. The number of hydrogen-bond acceptors (Lipinski definition) is 6. The van der Waals surface area contributed by atoms with Crippen LogP contribution in [0.25, 0.3) is 21.9 Å². The van der Waals surface area contributed by atoms with E-state index in [1.807, 2.05) is 0 Å². The minimum Gasteiger partial charge on any atom is -0.444 e. The largest absolute Gasteiger partial charge is 0.444 e. The molecular weight excluding hydrogens is 544 g/mol. The molecule has 1 aliphatic carbocycles. The highest BCUT2D eigenvalue weighted by Crippen LogP contribution is 2.49. The summed E-state index contributed by atoms with van der Waals surface area (Å²) in [7, 11) is 1.42. The number of carbonyl (C=O) groups is 2. The molecule has 1 aromatic carbocycles. The quantitative estimate of drug-likeness (QED) is 0.287. The molecule has 218 valence electrons. The van der Waals surface area contributed by atoms with Crippen molar-refractivity contribution in [2.75, 3.05) is 23.8 Å². The molecule has 4 rings (SSSR count). The SMILES string of the molecule is CN(C(=O)OC(C)(C)C)c1cc(F)c(F)c2c1[nH]c1ncc(Cl)c(NCC[C@@]3(C)C[C@H]3NC(=O)OC(C)(C)C)c12. The second kappa shape index (κ2) is 10.2. The highest BCUT2D eigenvalue weighted by molar-refractivity contribution is 6.35. The highest BCUT2D eigenvalue weighted by Gasteiger charge is 2.50. The van der Waals surface area contributed by atoms with Crippen LogP contribution in [0.2, 0.25) is 5.02 Å². The molecule has 2 heterocycles. The Morgan fingerprint density at radius 1 is 1.18 bits per heavy atom. The minimum atomic E-state index is -1.13. The number of aromatic nitrogens is 2. The fourth-order valence-corrected chi connectivity index (χ4v) is 4.83. The molecule has 12 heteroatoms. The van der Waals surface area contributed by atoms with Gasteiger partial charge >= 0.3 is 12.2 Å². The van der Waals surface area contributed by atoms with Gasteiger partial charge in [-0.1, -0.05) is 18.5 Å². The molecule has 40 heavy (non-hydrogen) atoms. The number of carbonyl (C=O) groups excluding carboxylic acids is 2. The first-order valence-electron chi connectivity index (χ1n) is 13.1. The molecular formula is C28H36ClF2N5O4. The van der Waals surface area contributed by atoms with E-state index < -0.39 is 35.0 Å². The normalized spacial score (nSPS) is 19.0. The Morgan fingerprint density at radius 2 is 1.82 bits per heavy atom. The summed E-state index contributed by atoms with van der Waals surface area (Å²) >= 11 is 6.49. The molecule has 3 N–H and O–H groups in total. The van der Waals surface area contributed by atoms with Crippen LogP contribution in [0.1, 0.15) is 61.3 Å². The van der Waals surface area contributed by atoms with Crippen LogP contribution < -0.4 is 15.5 Å². The van der Waals surface area contributed by atoms with Crippen LogP contribution in [0.5, 0.6) is 0 Å². The first kappa shape index (κ1) is 29.6. The summed E-state index contributed by atoms with van der Waals surface area (Å²) in [5, 5.41) is 6.57. The van der Waals surface area contributed by atoms with Gasteiger partial charge in [0.2, 0.25) is 0 Å². The first-order valence-corrected chi connectivity index (χ1v) is 13.5. The number of alkyl carbamates (subject to hydrolysis) is 1. The molecule has 1 saturated carbocycles. The van der Waals surface area contributed by atoms with Gasteiger partial charge < -0.3 is 25.1 Å². The van der Waals surface area contributed by atoms with Crippen LogP contribution in [-0.2, 0) is 9.47 Å². The van der Waals surface area contributed by atoms with Crippen LogP contribution in [0.3, 0.4) is 0 Å². The number of amides is 2. The van der Waals surface area contributed by atoms with Gasteiger partial charge in [0, 0.05) is 25.7 Å². The van der Waals surface area contributed by atoms with Crippen molar-refractivity contribution in [1.82, 2.24) is 15.3 Å². The standard InChI is InChI=1S/C28H36ClF2N5O4/c1-26(2,3)39-24(37)34-17-12-28(17,7)9-10-32-21-14(29)13-33-23-19(21)18-20(31)15(30)11-16(22(18)35-23)36(8)25(38)40-27(4,5)6/h11,13,17H,9-10,12H2,1-8H3,(H,34,37)(H2,32,33,35)/t17-,28+/m1/s1. The lowest BCUT2D eigenvalue weighted by molar-refractivity contribution is 0.0514. The van der Waals surface area contributed by atoms with E-state index >= 15 is 4.39 Å². The molecule has 0 bridgehead atoms. The fourth-order valence-electron chi connectivity index (χ4n) is 4.62. The number of halogens is 3. The highest BCUT2D eigenvalue weighted by atomic mass is 35.5. The van der Waals surface area contributed by atoms with E-state index in [0.29, 0.717) is 18.7 Å². The van der Waals surface area contributed by atoms with E-state index in [2.05, 4.69) is 27.5 Å². The second-order valence-electron chi connectivity index (χ2n) is 12.5. The van der Waals surface area contributed by atoms with Crippen LogP contribution in [-0.4, -0.2) is 53.0 Å². The maximum atomic E-state index is 15.3. The lowest BCUT2D eigenvalue weighted by atomic mass is 10.0. The Kier molecular flexibility index (Phi) is 7.59. The summed E-state index contributed by atoms with van der Waals surface area (Å²) in [6, 6.07) is 0.903. The molecule has 0 aliphatic heterocycles. The summed E-state index contributed by atoms with van der Waals surface area (Å²) in [6.07, 6.45) is 1.67. The van der Waals surface area contributed by atoms with Gasteiger partial charge in [-0.25, -0.2) is 23.4 Å². The Morgan fingerprint density at radius 3 is 2.45 bits per heavy atom. The van der Waals surface area contributed by atoms with E-state index in [1.54, 1.807) is 41.5 Å². The number of fused-ring (bicyclic) bond motifs is 3. The summed E-state index contributed by atoms with van der Waals surface area (Å²) < 4.78 is 41.0. The number of rotatable bonds is 6. The molecule has 0 saturated heterocycles. The zero-order chi connectivity index (χ0) is 29.8. The maximum Gasteiger partial charge on any atom is 0.414 e. The van der Waals surface area contributed by atoms with E-state index in [0.717, 1.165) is 17.4 Å². The van der Waals surface area contributed by atoms with Crippen molar-refractivity contribution < 1.29 is 27.8 Å². The number of nitrogens with zero attached hydrogens (tertiary/aromatic N) is 2. The van der Waals surface area contributed by atoms with Gasteiger partial charge in [0.25, 0.3) is 0 Å². The molecule has 2 aromatic heterocycles. The zero-order valence-corrected chi connectivity index (χ0v) is 24.8. The van der Waals surface area contributed by atoms with E-state index in [-0.39, 0.29) is 44.1 Å². The van der Waals surface area contributed by atoms with E-state index in [4.69, 9.17) is 21.1 Å². The number of H-pyrrole nitrogens is 1. The first-order chi connectivity index (χ1) is 18.4. The summed E-state index contributed by atoms with van der Waals surface area (Å²) in [5.41, 5.74) is -0.614. The molecule has 1 fully saturated rings. The van der Waals surface area contributed by atoms with Crippen molar-refractivity contribution in [2.24, 2.45) is 5.41 Å². The third kappa shape index (κ3) is 6.19. The topological polar surface area (TPSA) is 109 Å². The molecule has 0 unspecified atom stereocenters. The third-order valence-electron chi connectivity index (χ3n) is 6.79. The van der Waals surface area contributed by atoms with E-state index in [9.17, 15) is 14.0 Å². The van der Waals surface area contributed by atoms with Gasteiger partial charge in [-0.2, -0.15) is 0 Å². The molecule has 0 radical (unpaired) electrons. The predicted molar refractivity (Wildman–Crippen MR) is 152 cm³/mol. The van der Waals surface area contributed by atoms with Crippen molar-refractivity contribution in [3.8, 4) is 0 Å². The average Bonchev–Trinajstić information content (AvgIpc) is 3.26. The van der Waals surface area contributed by atoms with Crippen molar-refractivity contribution in [3.05, 3.63) is 28.9 Å². The molecule has 1 aliphatic rings. The zero-order valence-electron chi connectivity index (χ0n) is 24.0. The Bertz CT molecular complexity index is 1480. The maximum absolute atomic E-state index is 15.3. The van der Waals surface area contributed by atoms with Crippen LogP contribution in [0.15, 0.2) is 12.3 Å². The lowest BCUT2D eigenvalue weighted by Gasteiger charge is -2.25. The lowest BCUT2D eigenvalue weighted by Crippen LogP contribution is -2.35. The van der Waals surface area contributed by atoms with Crippen molar-refractivity contribution in [1.29, 1.82) is 0 Å². The van der Waals surface area contributed by atoms with Gasteiger partial charge in [-0.05, 0) is 59.8 Å². The fraction of sp³-hybridized carbons (Fsp3) is 0.536. The Hall–Kier alpha value is -3.34. The molecule has 2 amide bonds. The van der Waals surface area contributed by atoms with Gasteiger partial charge in [-0.3, -0.25) is 4.90 Å². The van der Waals surface area contributed by atoms with Crippen LogP contribution in [0, 0.1) is 17.0 Å². The predicted octanol–water partition coefficient (Wildman–Crippen LogP) is 7.12. The monoisotopic (exact) mass is 579 g/mol. The number of aromatic amines is 1. The average molecular weight is 580 g/mol. The van der Waals surface area contributed by atoms with Gasteiger partial charge in [0.15, 0.2) is 11.6 Å². The minimum absolute atomic E-state index is 0.0392. The van der Waals surface area contributed by atoms with Crippen molar-refractivity contribution in [3.63, 3.8) is 0 Å². The number of ether oxygens (including phenoxy) is 2. The summed E-state index contributed by atoms with van der Waals surface area (Å²) in [5.74, 6) is -2.23. The molecule has 2 atom stereocenters.